The standard InChI is InChI=1S/C15H19F2N3/c1-3-14-12(8-18)15(4-2)20(19-14)9-10-7-11(16)5-6-13(10)17/h5-7H,3-4,8-9,18H2,1-2H3. The van der Waals surface area contributed by atoms with Gasteiger partial charge in [-0.1, -0.05) is 13.8 Å². The minimum absolute atomic E-state index is 0.222. The van der Waals surface area contributed by atoms with Gasteiger partial charge in [-0.2, -0.15) is 5.10 Å². The second-order valence-corrected chi connectivity index (χ2v) is 4.68. The van der Waals surface area contributed by atoms with Gasteiger partial charge >= 0.3 is 0 Å². The molecule has 0 radical (unpaired) electrons. The van der Waals surface area contributed by atoms with Crippen molar-refractivity contribution < 1.29 is 8.78 Å². The molecule has 20 heavy (non-hydrogen) atoms. The highest BCUT2D eigenvalue weighted by Gasteiger charge is 2.15. The molecule has 2 aromatic rings. The third-order valence-corrected chi connectivity index (χ3v) is 3.45. The molecule has 0 saturated carbocycles. The molecule has 0 amide bonds. The van der Waals surface area contributed by atoms with Crippen molar-refractivity contribution in [1.82, 2.24) is 9.78 Å². The summed E-state index contributed by atoms with van der Waals surface area (Å²) in [6.45, 7) is 4.65. The second kappa shape index (κ2) is 6.13. The van der Waals surface area contributed by atoms with E-state index in [4.69, 9.17) is 5.73 Å². The maximum absolute atomic E-state index is 13.7. The van der Waals surface area contributed by atoms with Gasteiger partial charge in [0, 0.05) is 23.4 Å². The van der Waals surface area contributed by atoms with Crippen LogP contribution in [0.15, 0.2) is 18.2 Å². The van der Waals surface area contributed by atoms with Gasteiger partial charge in [-0.15, -0.1) is 0 Å². The Bertz CT molecular complexity index is 605. The van der Waals surface area contributed by atoms with E-state index in [0.29, 0.717) is 12.1 Å². The van der Waals surface area contributed by atoms with E-state index in [1.807, 2.05) is 13.8 Å². The zero-order valence-corrected chi connectivity index (χ0v) is 11.8. The predicted octanol–water partition coefficient (Wildman–Crippen LogP) is 2.79. The Morgan fingerprint density at radius 3 is 2.55 bits per heavy atom. The Hall–Kier alpha value is -1.75. The topological polar surface area (TPSA) is 43.8 Å². The van der Waals surface area contributed by atoms with Crippen LogP contribution < -0.4 is 5.73 Å². The summed E-state index contributed by atoms with van der Waals surface area (Å²) in [4.78, 5) is 0. The van der Waals surface area contributed by atoms with Crippen molar-refractivity contribution in [2.45, 2.75) is 39.8 Å². The molecule has 5 heteroatoms. The number of aryl methyl sites for hydroxylation is 1. The summed E-state index contributed by atoms with van der Waals surface area (Å²) in [6, 6.07) is 3.47. The Balaban J connectivity index is 2.42. The highest BCUT2D eigenvalue weighted by Crippen LogP contribution is 2.18. The van der Waals surface area contributed by atoms with Gasteiger partial charge in [0.15, 0.2) is 0 Å². The normalized spacial score (nSPS) is 11.1. The van der Waals surface area contributed by atoms with Crippen LogP contribution in [0.3, 0.4) is 0 Å². The molecule has 1 heterocycles. The zero-order chi connectivity index (χ0) is 14.7. The minimum atomic E-state index is -0.443. The van der Waals surface area contributed by atoms with Crippen LogP contribution >= 0.6 is 0 Å². The van der Waals surface area contributed by atoms with Gasteiger partial charge in [-0.25, -0.2) is 8.78 Å². The minimum Gasteiger partial charge on any atom is -0.326 e. The summed E-state index contributed by atoms with van der Waals surface area (Å²) < 4.78 is 28.7. The summed E-state index contributed by atoms with van der Waals surface area (Å²) in [5, 5.41) is 4.48. The Morgan fingerprint density at radius 1 is 1.20 bits per heavy atom. The molecule has 0 atom stereocenters. The van der Waals surface area contributed by atoms with Crippen LogP contribution in [0.5, 0.6) is 0 Å². The van der Waals surface area contributed by atoms with Crippen molar-refractivity contribution in [3.8, 4) is 0 Å². The maximum Gasteiger partial charge on any atom is 0.128 e. The lowest BCUT2D eigenvalue weighted by atomic mass is 10.1. The monoisotopic (exact) mass is 279 g/mol. The molecule has 0 fully saturated rings. The summed E-state index contributed by atoms with van der Waals surface area (Å²) in [5.74, 6) is -0.863. The molecule has 3 nitrogen and oxygen atoms in total. The largest absolute Gasteiger partial charge is 0.326 e. The molecule has 1 aromatic heterocycles. The van der Waals surface area contributed by atoms with E-state index in [-0.39, 0.29) is 6.54 Å². The lowest BCUT2D eigenvalue weighted by Gasteiger charge is -2.08. The van der Waals surface area contributed by atoms with Crippen molar-refractivity contribution in [2.24, 2.45) is 5.73 Å². The first-order valence-electron chi connectivity index (χ1n) is 6.82. The number of nitrogens with two attached hydrogens (primary N) is 1. The molecule has 108 valence electrons. The Morgan fingerprint density at radius 2 is 1.95 bits per heavy atom. The number of benzene rings is 1. The molecule has 1 aromatic carbocycles. The lowest BCUT2D eigenvalue weighted by Crippen LogP contribution is -2.09. The fourth-order valence-corrected chi connectivity index (χ4v) is 2.46. The lowest BCUT2D eigenvalue weighted by molar-refractivity contribution is 0.558. The molecule has 0 spiro atoms. The van der Waals surface area contributed by atoms with Gasteiger partial charge in [-0.3, -0.25) is 4.68 Å². The van der Waals surface area contributed by atoms with Crippen LogP contribution in [0.1, 0.15) is 36.4 Å². The summed E-state index contributed by atoms with van der Waals surface area (Å²) in [6.07, 6.45) is 1.54. The summed E-state index contributed by atoms with van der Waals surface area (Å²) >= 11 is 0. The van der Waals surface area contributed by atoms with E-state index >= 15 is 0 Å². The molecule has 0 saturated heterocycles. The molecule has 2 rings (SSSR count). The van der Waals surface area contributed by atoms with E-state index in [1.54, 1.807) is 4.68 Å². The molecule has 0 aliphatic carbocycles. The fourth-order valence-electron chi connectivity index (χ4n) is 2.46. The second-order valence-electron chi connectivity index (χ2n) is 4.68. The average molecular weight is 279 g/mol. The quantitative estimate of drug-likeness (QED) is 0.914. The highest BCUT2D eigenvalue weighted by molar-refractivity contribution is 5.28. The van der Waals surface area contributed by atoms with Gasteiger partial charge in [0.1, 0.15) is 11.6 Å². The van der Waals surface area contributed by atoms with Gasteiger partial charge < -0.3 is 5.73 Å². The molecule has 0 aliphatic heterocycles. The molecule has 0 bridgehead atoms. The van der Waals surface area contributed by atoms with Gasteiger partial charge in [-0.05, 0) is 31.0 Å². The van der Waals surface area contributed by atoms with Crippen molar-refractivity contribution in [3.05, 3.63) is 52.3 Å². The maximum atomic E-state index is 13.7. The highest BCUT2D eigenvalue weighted by atomic mass is 19.1. The molecule has 0 unspecified atom stereocenters. The Kier molecular flexibility index (Phi) is 4.49. The smallest absolute Gasteiger partial charge is 0.128 e. The number of hydrogen-bond donors (Lipinski definition) is 1. The molecular formula is C15H19F2N3. The molecule has 0 aliphatic rings. The number of halogens is 2. The molecule has 2 N–H and O–H groups in total. The number of aromatic nitrogens is 2. The van der Waals surface area contributed by atoms with E-state index < -0.39 is 11.6 Å². The zero-order valence-electron chi connectivity index (χ0n) is 11.8. The van der Waals surface area contributed by atoms with Crippen LogP contribution in [-0.2, 0) is 25.9 Å². The van der Waals surface area contributed by atoms with Crippen molar-refractivity contribution >= 4 is 0 Å². The Labute approximate surface area is 117 Å². The first kappa shape index (κ1) is 14.7. The van der Waals surface area contributed by atoms with Gasteiger partial charge in [0.25, 0.3) is 0 Å². The van der Waals surface area contributed by atoms with Crippen molar-refractivity contribution in [3.63, 3.8) is 0 Å². The van der Waals surface area contributed by atoms with Crippen molar-refractivity contribution in [1.29, 1.82) is 0 Å². The van der Waals surface area contributed by atoms with Gasteiger partial charge in [0.05, 0.1) is 12.2 Å². The number of nitrogens with zero attached hydrogens (tertiary/aromatic N) is 2. The summed E-state index contributed by atoms with van der Waals surface area (Å²) in [5.41, 5.74) is 9.02. The first-order chi connectivity index (χ1) is 9.60. The fraction of sp³-hybridized carbons (Fsp3) is 0.400. The first-order valence-corrected chi connectivity index (χ1v) is 6.82. The van der Waals surface area contributed by atoms with E-state index in [0.717, 1.165) is 41.9 Å². The average Bonchev–Trinajstić information content (AvgIpc) is 2.79. The SMILES string of the molecule is CCc1nn(Cc2cc(F)ccc2F)c(CC)c1CN. The van der Waals surface area contributed by atoms with Gasteiger partial charge in [0.2, 0.25) is 0 Å². The number of rotatable bonds is 5. The third kappa shape index (κ3) is 2.72. The third-order valence-electron chi connectivity index (χ3n) is 3.45. The van der Waals surface area contributed by atoms with Crippen LogP contribution in [-0.4, -0.2) is 9.78 Å². The van der Waals surface area contributed by atoms with Crippen LogP contribution in [0.2, 0.25) is 0 Å². The van der Waals surface area contributed by atoms with Crippen LogP contribution in [0, 0.1) is 11.6 Å². The van der Waals surface area contributed by atoms with Crippen LogP contribution in [0.4, 0.5) is 8.78 Å². The van der Waals surface area contributed by atoms with E-state index in [9.17, 15) is 8.78 Å². The summed E-state index contributed by atoms with van der Waals surface area (Å²) in [7, 11) is 0. The number of hydrogen-bond acceptors (Lipinski definition) is 2. The van der Waals surface area contributed by atoms with E-state index in [1.165, 1.54) is 6.07 Å². The van der Waals surface area contributed by atoms with Crippen LogP contribution in [0.25, 0.3) is 0 Å². The van der Waals surface area contributed by atoms with Crippen molar-refractivity contribution in [2.75, 3.05) is 0 Å². The molecular weight excluding hydrogens is 260 g/mol. The predicted molar refractivity (Wildman–Crippen MR) is 74.3 cm³/mol. The van der Waals surface area contributed by atoms with E-state index in [2.05, 4.69) is 5.10 Å².